The molecule has 3 nitrogen and oxygen atoms in total. The Balaban J connectivity index is 3.00. The maximum atomic E-state index is 12.8. The van der Waals surface area contributed by atoms with Gasteiger partial charge in [0.15, 0.2) is 11.5 Å². The Morgan fingerprint density at radius 3 is 2.83 bits per heavy atom. The van der Waals surface area contributed by atoms with Gasteiger partial charge in [-0.1, -0.05) is 6.07 Å². The molecular formula is C8H7FO3. The molecule has 0 aromatic heterocycles. The van der Waals surface area contributed by atoms with Gasteiger partial charge in [-0.25, -0.2) is 0 Å². The lowest BCUT2D eigenvalue weighted by atomic mass is 10.3. The molecule has 1 aromatic rings. The van der Waals surface area contributed by atoms with Crippen molar-refractivity contribution >= 4 is 5.97 Å². The molecule has 1 N–H and O–H groups in total. The number of hydrogen-bond donors (Lipinski definition) is 1. The minimum atomic E-state index is -0.923. The quantitative estimate of drug-likeness (QED) is 0.512. The fraction of sp³-hybridized carbons (Fsp3) is 0.125. The third kappa shape index (κ3) is 1.72. The summed E-state index contributed by atoms with van der Waals surface area (Å²) in [5.74, 6) is -2.34. The summed E-state index contributed by atoms with van der Waals surface area (Å²) in [5.41, 5.74) is 0. The van der Waals surface area contributed by atoms with Gasteiger partial charge in [0.25, 0.3) is 0 Å². The third-order valence-electron chi connectivity index (χ3n) is 1.20. The molecule has 0 fully saturated rings. The van der Waals surface area contributed by atoms with Crippen molar-refractivity contribution in [1.29, 1.82) is 0 Å². The zero-order chi connectivity index (χ0) is 9.14. The van der Waals surface area contributed by atoms with Crippen molar-refractivity contribution in [3.8, 4) is 11.5 Å². The van der Waals surface area contributed by atoms with Gasteiger partial charge in [0.1, 0.15) is 0 Å². The molecule has 0 aliphatic carbocycles. The number of phenolic OH excluding ortho intramolecular Hbond substituents is 1. The van der Waals surface area contributed by atoms with Crippen molar-refractivity contribution < 1.29 is 19.0 Å². The average Bonchev–Trinajstić information content (AvgIpc) is 1.98. The first kappa shape index (κ1) is 8.52. The largest absolute Gasteiger partial charge is 0.505 e. The number of hydrogen-bond acceptors (Lipinski definition) is 3. The Kier molecular flexibility index (Phi) is 2.28. The highest BCUT2D eigenvalue weighted by Crippen LogP contribution is 2.24. The van der Waals surface area contributed by atoms with E-state index >= 15 is 0 Å². The number of halogens is 1. The minimum Gasteiger partial charge on any atom is -0.505 e. The lowest BCUT2D eigenvalue weighted by Crippen LogP contribution is -2.02. The minimum absolute atomic E-state index is 0.262. The van der Waals surface area contributed by atoms with Crippen LogP contribution in [0.15, 0.2) is 18.2 Å². The normalized spacial score (nSPS) is 9.50. The zero-order valence-electron chi connectivity index (χ0n) is 6.37. The number of aromatic hydroxyl groups is 1. The van der Waals surface area contributed by atoms with Crippen molar-refractivity contribution in [3.05, 3.63) is 24.0 Å². The summed E-state index contributed by atoms with van der Waals surface area (Å²) in [6.45, 7) is 1.16. The highest BCUT2D eigenvalue weighted by atomic mass is 19.1. The molecule has 0 bridgehead atoms. The van der Waals surface area contributed by atoms with E-state index in [1.807, 2.05) is 0 Å². The summed E-state index contributed by atoms with van der Waals surface area (Å²) in [7, 11) is 0. The van der Waals surface area contributed by atoms with Gasteiger partial charge in [-0.15, -0.1) is 0 Å². The van der Waals surface area contributed by atoms with Crippen LogP contribution in [-0.4, -0.2) is 11.1 Å². The maximum absolute atomic E-state index is 12.8. The second kappa shape index (κ2) is 3.21. The van der Waals surface area contributed by atoms with E-state index in [4.69, 9.17) is 5.11 Å². The zero-order valence-corrected chi connectivity index (χ0v) is 6.37. The number of benzene rings is 1. The number of phenols is 1. The molecule has 1 rings (SSSR count). The molecule has 0 unspecified atom stereocenters. The molecule has 0 aliphatic rings. The van der Waals surface area contributed by atoms with Crippen LogP contribution in [0.1, 0.15) is 6.92 Å². The second-order valence-corrected chi connectivity index (χ2v) is 2.18. The molecule has 0 radical (unpaired) electrons. The molecule has 64 valence electrons. The van der Waals surface area contributed by atoms with Crippen LogP contribution >= 0.6 is 0 Å². The summed E-state index contributed by atoms with van der Waals surface area (Å²) in [6.07, 6.45) is 0. The Labute approximate surface area is 68.4 Å². The van der Waals surface area contributed by atoms with E-state index in [-0.39, 0.29) is 5.75 Å². The number of esters is 1. The molecule has 0 amide bonds. The van der Waals surface area contributed by atoms with E-state index in [1.165, 1.54) is 18.2 Å². The number of carbonyl (C=O) groups excluding carboxylic acids is 1. The molecule has 12 heavy (non-hydrogen) atoms. The molecule has 0 heterocycles. The first-order chi connectivity index (χ1) is 5.61. The second-order valence-electron chi connectivity index (χ2n) is 2.18. The average molecular weight is 170 g/mol. The fourth-order valence-electron chi connectivity index (χ4n) is 0.733. The molecule has 4 heteroatoms. The Morgan fingerprint density at radius 1 is 1.58 bits per heavy atom. The monoisotopic (exact) mass is 170 g/mol. The predicted octanol–water partition coefficient (Wildman–Crippen LogP) is 1.46. The van der Waals surface area contributed by atoms with Gasteiger partial charge in [0.2, 0.25) is 5.82 Å². The van der Waals surface area contributed by atoms with Crippen molar-refractivity contribution in [2.24, 2.45) is 0 Å². The van der Waals surface area contributed by atoms with Crippen LogP contribution < -0.4 is 4.74 Å². The van der Waals surface area contributed by atoms with Gasteiger partial charge in [0.05, 0.1) is 0 Å². The number of ether oxygens (including phenoxy) is 1. The maximum Gasteiger partial charge on any atom is 0.308 e. The molecule has 1 aromatic carbocycles. The highest BCUT2D eigenvalue weighted by Gasteiger charge is 2.08. The van der Waals surface area contributed by atoms with Crippen LogP contribution in [0.4, 0.5) is 4.39 Å². The van der Waals surface area contributed by atoms with Crippen LogP contribution in [-0.2, 0) is 4.79 Å². The van der Waals surface area contributed by atoms with E-state index in [0.29, 0.717) is 0 Å². The first-order valence-corrected chi connectivity index (χ1v) is 3.27. The summed E-state index contributed by atoms with van der Waals surface area (Å²) < 4.78 is 17.3. The van der Waals surface area contributed by atoms with E-state index in [2.05, 4.69) is 4.74 Å². The van der Waals surface area contributed by atoms with Crippen LogP contribution in [0.3, 0.4) is 0 Å². The molecule has 0 saturated heterocycles. The number of rotatable bonds is 1. The summed E-state index contributed by atoms with van der Waals surface area (Å²) in [5, 5.41) is 8.85. The molecule has 0 spiro atoms. The van der Waals surface area contributed by atoms with Crippen molar-refractivity contribution in [2.45, 2.75) is 6.92 Å². The topological polar surface area (TPSA) is 46.5 Å². The Morgan fingerprint density at radius 2 is 2.25 bits per heavy atom. The van der Waals surface area contributed by atoms with E-state index in [9.17, 15) is 9.18 Å². The molecule has 0 aliphatic heterocycles. The molecule has 0 saturated carbocycles. The van der Waals surface area contributed by atoms with E-state index < -0.39 is 17.5 Å². The van der Waals surface area contributed by atoms with Crippen molar-refractivity contribution in [2.75, 3.05) is 0 Å². The van der Waals surface area contributed by atoms with Gasteiger partial charge in [-0.05, 0) is 12.1 Å². The van der Waals surface area contributed by atoms with Gasteiger partial charge in [-0.3, -0.25) is 4.79 Å². The fourth-order valence-corrected chi connectivity index (χ4v) is 0.733. The van der Waals surface area contributed by atoms with Gasteiger partial charge in [0, 0.05) is 6.92 Å². The standard InChI is InChI=1S/C8H7FO3/c1-5(10)12-7-4-2-3-6(11)8(7)9/h2-4,11H,1H3. The van der Waals surface area contributed by atoms with Gasteiger partial charge >= 0.3 is 5.97 Å². The SMILES string of the molecule is CC(=O)Oc1cccc(O)c1F. The molecular weight excluding hydrogens is 163 g/mol. The summed E-state index contributed by atoms with van der Waals surface area (Å²) in [4.78, 5) is 10.4. The Bertz CT molecular complexity index is 309. The summed E-state index contributed by atoms with van der Waals surface area (Å²) in [6, 6.07) is 3.81. The van der Waals surface area contributed by atoms with Crippen LogP contribution in [0.25, 0.3) is 0 Å². The lowest BCUT2D eigenvalue weighted by molar-refractivity contribution is -0.132. The van der Waals surface area contributed by atoms with E-state index in [0.717, 1.165) is 6.92 Å². The highest BCUT2D eigenvalue weighted by molar-refractivity contribution is 5.69. The van der Waals surface area contributed by atoms with Gasteiger partial charge in [-0.2, -0.15) is 4.39 Å². The van der Waals surface area contributed by atoms with E-state index in [1.54, 1.807) is 0 Å². The molecule has 0 atom stereocenters. The Hall–Kier alpha value is -1.58. The smallest absolute Gasteiger partial charge is 0.308 e. The summed E-state index contributed by atoms with van der Waals surface area (Å²) >= 11 is 0. The van der Waals surface area contributed by atoms with Crippen LogP contribution in [0, 0.1) is 5.82 Å². The van der Waals surface area contributed by atoms with Crippen molar-refractivity contribution in [1.82, 2.24) is 0 Å². The first-order valence-electron chi connectivity index (χ1n) is 3.27. The van der Waals surface area contributed by atoms with Crippen LogP contribution in [0.5, 0.6) is 11.5 Å². The van der Waals surface area contributed by atoms with Gasteiger partial charge < -0.3 is 9.84 Å². The predicted molar refractivity (Wildman–Crippen MR) is 39.4 cm³/mol. The number of carbonyl (C=O) groups is 1. The van der Waals surface area contributed by atoms with Crippen molar-refractivity contribution in [3.63, 3.8) is 0 Å². The third-order valence-corrected chi connectivity index (χ3v) is 1.20. The lowest BCUT2D eigenvalue weighted by Gasteiger charge is -2.02. The van der Waals surface area contributed by atoms with Crippen LogP contribution in [0.2, 0.25) is 0 Å².